The molecule has 0 saturated carbocycles. The maximum absolute atomic E-state index is 12.6. The van der Waals surface area contributed by atoms with Crippen molar-refractivity contribution >= 4 is 29.1 Å². The van der Waals surface area contributed by atoms with Crippen molar-refractivity contribution < 1.29 is 9.32 Å². The molecule has 1 aromatic heterocycles. The average Bonchev–Trinajstić information content (AvgIpc) is 2.98. The van der Waals surface area contributed by atoms with Gasteiger partial charge < -0.3 is 9.84 Å². The van der Waals surface area contributed by atoms with E-state index in [2.05, 4.69) is 10.5 Å². The van der Waals surface area contributed by atoms with Crippen molar-refractivity contribution in [3.63, 3.8) is 0 Å². The third kappa shape index (κ3) is 4.21. The van der Waals surface area contributed by atoms with Crippen LogP contribution >= 0.6 is 23.2 Å². The van der Waals surface area contributed by atoms with Crippen LogP contribution in [0, 0.1) is 6.92 Å². The minimum atomic E-state index is -0.220. The number of rotatable bonds is 5. The Balaban J connectivity index is 1.72. The summed E-state index contributed by atoms with van der Waals surface area (Å²) in [5, 5.41) is 8.19. The van der Waals surface area contributed by atoms with Gasteiger partial charge in [0.05, 0.1) is 0 Å². The highest BCUT2D eigenvalue weighted by molar-refractivity contribution is 6.31. The lowest BCUT2D eigenvalue weighted by Gasteiger charge is -2.06. The monoisotopic (exact) mass is 374 g/mol. The maximum atomic E-state index is 12.6. The van der Waals surface area contributed by atoms with Crippen LogP contribution in [0.3, 0.4) is 0 Å². The molecule has 6 heteroatoms. The van der Waals surface area contributed by atoms with Crippen LogP contribution in [0.25, 0.3) is 11.3 Å². The van der Waals surface area contributed by atoms with Crippen LogP contribution in [-0.4, -0.2) is 17.6 Å². The lowest BCUT2D eigenvalue weighted by molar-refractivity contribution is 0.0953. The molecule has 1 N–H and O–H groups in total. The summed E-state index contributed by atoms with van der Waals surface area (Å²) in [6.45, 7) is 2.22. The molecule has 3 aromatic rings. The number of nitrogens with zero attached hydrogens (tertiary/aromatic N) is 1. The van der Waals surface area contributed by atoms with Crippen molar-refractivity contribution in [2.24, 2.45) is 0 Å². The van der Waals surface area contributed by atoms with Gasteiger partial charge in [0.1, 0.15) is 17.0 Å². The number of benzene rings is 2. The molecular weight excluding hydrogens is 359 g/mol. The van der Waals surface area contributed by atoms with Crippen LogP contribution < -0.4 is 5.32 Å². The van der Waals surface area contributed by atoms with E-state index in [4.69, 9.17) is 27.7 Å². The van der Waals surface area contributed by atoms with Crippen molar-refractivity contribution in [2.45, 2.75) is 13.3 Å². The van der Waals surface area contributed by atoms with E-state index in [9.17, 15) is 4.79 Å². The van der Waals surface area contributed by atoms with E-state index in [1.165, 1.54) is 0 Å². The maximum Gasteiger partial charge on any atom is 0.257 e. The van der Waals surface area contributed by atoms with Gasteiger partial charge in [-0.1, -0.05) is 52.6 Å². The summed E-state index contributed by atoms with van der Waals surface area (Å²) < 4.78 is 5.22. The van der Waals surface area contributed by atoms with Crippen LogP contribution in [0.2, 0.25) is 10.0 Å². The highest BCUT2D eigenvalue weighted by atomic mass is 35.5. The molecule has 0 saturated heterocycles. The van der Waals surface area contributed by atoms with Gasteiger partial charge >= 0.3 is 0 Å². The molecule has 128 valence electrons. The van der Waals surface area contributed by atoms with Crippen molar-refractivity contribution in [3.05, 3.63) is 75.5 Å². The Morgan fingerprint density at radius 2 is 1.88 bits per heavy atom. The molecule has 3 rings (SSSR count). The number of halogens is 2. The summed E-state index contributed by atoms with van der Waals surface area (Å²) >= 11 is 11.9. The first-order valence-corrected chi connectivity index (χ1v) is 8.55. The fourth-order valence-electron chi connectivity index (χ4n) is 2.53. The topological polar surface area (TPSA) is 55.1 Å². The van der Waals surface area contributed by atoms with Crippen LogP contribution in [0.1, 0.15) is 21.7 Å². The van der Waals surface area contributed by atoms with E-state index in [1.54, 1.807) is 19.1 Å². The van der Waals surface area contributed by atoms with Gasteiger partial charge in [0.2, 0.25) is 0 Å². The molecule has 0 fully saturated rings. The molecule has 0 bridgehead atoms. The number of nitrogens with one attached hydrogen (secondary N) is 1. The Hall–Kier alpha value is -2.30. The Kier molecular flexibility index (Phi) is 5.41. The number of amides is 1. The van der Waals surface area contributed by atoms with E-state index < -0.39 is 0 Å². The van der Waals surface area contributed by atoms with Gasteiger partial charge in [-0.2, -0.15) is 0 Å². The predicted molar refractivity (Wildman–Crippen MR) is 99.2 cm³/mol. The molecule has 0 aliphatic carbocycles. The molecule has 1 heterocycles. The number of carbonyl (C=O) groups excluding carboxylic acids is 1. The SMILES string of the molecule is Cc1onc(-c2cccc(Cl)c2)c1C(=O)NCCc1ccc(Cl)cc1. The molecule has 1 amide bonds. The number of carbonyl (C=O) groups is 1. The van der Waals surface area contributed by atoms with Gasteiger partial charge in [-0.15, -0.1) is 0 Å². The Labute approximate surface area is 155 Å². The molecule has 4 nitrogen and oxygen atoms in total. The first-order chi connectivity index (χ1) is 12.0. The van der Waals surface area contributed by atoms with Gasteiger partial charge in [0.25, 0.3) is 5.91 Å². The van der Waals surface area contributed by atoms with Gasteiger partial charge in [0.15, 0.2) is 0 Å². The zero-order chi connectivity index (χ0) is 17.8. The fourth-order valence-corrected chi connectivity index (χ4v) is 2.85. The summed E-state index contributed by atoms with van der Waals surface area (Å²) in [5.41, 5.74) is 2.76. The van der Waals surface area contributed by atoms with Crippen molar-refractivity contribution in [1.82, 2.24) is 10.5 Å². The third-order valence-corrected chi connectivity index (χ3v) is 4.29. The normalized spacial score (nSPS) is 10.7. The van der Waals surface area contributed by atoms with Gasteiger partial charge in [-0.3, -0.25) is 4.79 Å². The summed E-state index contributed by atoms with van der Waals surface area (Å²) in [7, 11) is 0. The largest absolute Gasteiger partial charge is 0.360 e. The first kappa shape index (κ1) is 17.5. The molecular formula is C19H16Cl2N2O2. The standard InChI is InChI=1S/C19H16Cl2N2O2/c1-12-17(18(23-25-12)14-3-2-4-16(21)11-14)19(24)22-10-9-13-5-7-15(20)8-6-13/h2-8,11H,9-10H2,1H3,(H,22,24). The first-order valence-electron chi connectivity index (χ1n) is 7.79. The van der Waals surface area contributed by atoms with Gasteiger partial charge in [0, 0.05) is 22.2 Å². The zero-order valence-corrected chi connectivity index (χ0v) is 15.1. The number of hydrogen-bond donors (Lipinski definition) is 1. The Morgan fingerprint density at radius 3 is 2.60 bits per heavy atom. The summed E-state index contributed by atoms with van der Waals surface area (Å²) in [4.78, 5) is 12.6. The second-order valence-electron chi connectivity index (χ2n) is 5.61. The van der Waals surface area contributed by atoms with Crippen molar-refractivity contribution in [3.8, 4) is 11.3 Å². The quantitative estimate of drug-likeness (QED) is 0.688. The number of aromatic nitrogens is 1. The minimum Gasteiger partial charge on any atom is -0.360 e. The molecule has 0 aliphatic heterocycles. The Morgan fingerprint density at radius 1 is 1.12 bits per heavy atom. The third-order valence-electron chi connectivity index (χ3n) is 3.80. The zero-order valence-electron chi connectivity index (χ0n) is 13.6. The lowest BCUT2D eigenvalue weighted by Crippen LogP contribution is -2.26. The molecule has 0 radical (unpaired) electrons. The van der Waals surface area contributed by atoms with Gasteiger partial charge in [-0.05, 0) is 43.2 Å². The minimum absolute atomic E-state index is 0.220. The highest BCUT2D eigenvalue weighted by Gasteiger charge is 2.21. The smallest absolute Gasteiger partial charge is 0.257 e. The summed E-state index contributed by atoms with van der Waals surface area (Å²) in [5.74, 6) is 0.252. The molecule has 0 unspecified atom stereocenters. The second-order valence-corrected chi connectivity index (χ2v) is 6.48. The van der Waals surface area contributed by atoms with Crippen LogP contribution in [0.15, 0.2) is 53.1 Å². The van der Waals surface area contributed by atoms with E-state index in [0.29, 0.717) is 40.0 Å². The molecule has 0 atom stereocenters. The summed E-state index contributed by atoms with van der Waals surface area (Å²) in [6, 6.07) is 14.7. The van der Waals surface area contributed by atoms with E-state index >= 15 is 0 Å². The molecule has 0 spiro atoms. The van der Waals surface area contributed by atoms with Crippen LogP contribution in [0.5, 0.6) is 0 Å². The lowest BCUT2D eigenvalue weighted by atomic mass is 10.1. The van der Waals surface area contributed by atoms with Crippen LogP contribution in [-0.2, 0) is 6.42 Å². The average molecular weight is 375 g/mol. The summed E-state index contributed by atoms with van der Waals surface area (Å²) in [6.07, 6.45) is 0.708. The van der Waals surface area contributed by atoms with E-state index in [0.717, 1.165) is 11.1 Å². The highest BCUT2D eigenvalue weighted by Crippen LogP contribution is 2.27. The van der Waals surface area contributed by atoms with Crippen molar-refractivity contribution in [2.75, 3.05) is 6.54 Å². The number of hydrogen-bond acceptors (Lipinski definition) is 3. The predicted octanol–water partition coefficient (Wildman–Crippen LogP) is 4.93. The number of aryl methyl sites for hydroxylation is 1. The molecule has 0 aliphatic rings. The molecule has 25 heavy (non-hydrogen) atoms. The van der Waals surface area contributed by atoms with E-state index in [1.807, 2.05) is 36.4 Å². The second kappa shape index (κ2) is 7.72. The molecule has 2 aromatic carbocycles. The van der Waals surface area contributed by atoms with Gasteiger partial charge in [-0.25, -0.2) is 0 Å². The van der Waals surface area contributed by atoms with Crippen molar-refractivity contribution in [1.29, 1.82) is 0 Å². The van der Waals surface area contributed by atoms with Crippen LogP contribution in [0.4, 0.5) is 0 Å². The fraction of sp³-hybridized carbons (Fsp3) is 0.158. The van der Waals surface area contributed by atoms with E-state index in [-0.39, 0.29) is 5.91 Å². The Bertz CT molecular complexity index is 889.